The van der Waals surface area contributed by atoms with Crippen LogP contribution in [0.3, 0.4) is 0 Å². The average molecular weight is 224 g/mol. The van der Waals surface area contributed by atoms with Crippen molar-refractivity contribution in [3.8, 4) is 0 Å². The zero-order valence-corrected chi connectivity index (χ0v) is 11.1. The van der Waals surface area contributed by atoms with Gasteiger partial charge in [-0.2, -0.15) is 0 Å². The molecule has 16 heavy (non-hydrogen) atoms. The number of hydrogen-bond acceptors (Lipinski definition) is 2. The van der Waals surface area contributed by atoms with Gasteiger partial charge in [0.1, 0.15) is 0 Å². The molecule has 2 nitrogen and oxygen atoms in total. The molecule has 2 aliphatic rings. The van der Waals surface area contributed by atoms with Crippen LogP contribution >= 0.6 is 0 Å². The first-order valence-corrected chi connectivity index (χ1v) is 7.02. The summed E-state index contributed by atoms with van der Waals surface area (Å²) in [7, 11) is 0. The van der Waals surface area contributed by atoms with Gasteiger partial charge in [-0.05, 0) is 55.9 Å². The second kappa shape index (κ2) is 4.66. The lowest BCUT2D eigenvalue weighted by Gasteiger charge is -2.45. The SMILES string of the molecule is CC1CCC(CN)(NCC2CC2C)C(C)C1. The molecule has 2 rings (SSSR count). The Morgan fingerprint density at radius 3 is 2.44 bits per heavy atom. The molecule has 0 saturated heterocycles. The summed E-state index contributed by atoms with van der Waals surface area (Å²) < 4.78 is 0. The molecule has 0 bridgehead atoms. The third kappa shape index (κ3) is 2.43. The van der Waals surface area contributed by atoms with E-state index in [4.69, 9.17) is 5.73 Å². The fourth-order valence-electron chi connectivity index (χ4n) is 3.35. The van der Waals surface area contributed by atoms with E-state index in [1.54, 1.807) is 0 Å². The van der Waals surface area contributed by atoms with E-state index in [-0.39, 0.29) is 5.54 Å². The summed E-state index contributed by atoms with van der Waals surface area (Å²) in [5, 5.41) is 3.82. The number of nitrogens with one attached hydrogen (secondary N) is 1. The molecule has 0 aromatic carbocycles. The minimum atomic E-state index is 0.245. The molecule has 5 atom stereocenters. The van der Waals surface area contributed by atoms with Crippen molar-refractivity contribution in [2.75, 3.05) is 13.1 Å². The van der Waals surface area contributed by atoms with Crippen molar-refractivity contribution >= 4 is 0 Å². The Morgan fingerprint density at radius 2 is 1.94 bits per heavy atom. The number of rotatable bonds is 4. The molecule has 2 heteroatoms. The van der Waals surface area contributed by atoms with Gasteiger partial charge in [0, 0.05) is 12.1 Å². The summed E-state index contributed by atoms with van der Waals surface area (Å²) in [6.45, 7) is 9.11. The van der Waals surface area contributed by atoms with Gasteiger partial charge < -0.3 is 11.1 Å². The van der Waals surface area contributed by atoms with E-state index in [9.17, 15) is 0 Å². The largest absolute Gasteiger partial charge is 0.329 e. The van der Waals surface area contributed by atoms with Crippen LogP contribution in [0.25, 0.3) is 0 Å². The molecule has 2 aliphatic carbocycles. The first kappa shape index (κ1) is 12.4. The van der Waals surface area contributed by atoms with Gasteiger partial charge in [0.25, 0.3) is 0 Å². The highest BCUT2D eigenvalue weighted by Crippen LogP contribution is 2.40. The minimum absolute atomic E-state index is 0.245. The van der Waals surface area contributed by atoms with Gasteiger partial charge in [-0.25, -0.2) is 0 Å². The Labute approximate surface area is 100 Å². The highest BCUT2D eigenvalue weighted by atomic mass is 15.0. The first-order chi connectivity index (χ1) is 7.57. The zero-order chi connectivity index (χ0) is 11.8. The van der Waals surface area contributed by atoms with Crippen LogP contribution in [0.4, 0.5) is 0 Å². The summed E-state index contributed by atoms with van der Waals surface area (Å²) in [6, 6.07) is 0. The van der Waals surface area contributed by atoms with Gasteiger partial charge in [-0.15, -0.1) is 0 Å². The van der Waals surface area contributed by atoms with Crippen LogP contribution in [0, 0.1) is 23.7 Å². The van der Waals surface area contributed by atoms with Gasteiger partial charge in [0.15, 0.2) is 0 Å². The highest BCUT2D eigenvalue weighted by molar-refractivity contribution is 4.99. The fourth-order valence-corrected chi connectivity index (χ4v) is 3.35. The van der Waals surface area contributed by atoms with Gasteiger partial charge in [-0.3, -0.25) is 0 Å². The summed E-state index contributed by atoms with van der Waals surface area (Å²) in [5.41, 5.74) is 6.30. The molecule has 0 aromatic heterocycles. The van der Waals surface area contributed by atoms with Crippen LogP contribution in [0.15, 0.2) is 0 Å². The summed E-state index contributed by atoms with van der Waals surface area (Å²) >= 11 is 0. The van der Waals surface area contributed by atoms with Crippen molar-refractivity contribution in [2.24, 2.45) is 29.4 Å². The maximum atomic E-state index is 6.05. The molecular weight excluding hydrogens is 196 g/mol. The Kier molecular flexibility index (Phi) is 3.60. The molecule has 2 fully saturated rings. The van der Waals surface area contributed by atoms with E-state index >= 15 is 0 Å². The van der Waals surface area contributed by atoms with Crippen molar-refractivity contribution in [1.82, 2.24) is 5.32 Å². The summed E-state index contributed by atoms with van der Waals surface area (Å²) in [4.78, 5) is 0. The first-order valence-electron chi connectivity index (χ1n) is 7.02. The van der Waals surface area contributed by atoms with Gasteiger partial charge >= 0.3 is 0 Å². The van der Waals surface area contributed by atoms with Crippen molar-refractivity contribution in [3.63, 3.8) is 0 Å². The van der Waals surface area contributed by atoms with E-state index in [2.05, 4.69) is 26.1 Å². The van der Waals surface area contributed by atoms with Crippen LogP contribution in [0.1, 0.15) is 46.5 Å². The maximum Gasteiger partial charge on any atom is 0.0330 e. The molecule has 0 radical (unpaired) electrons. The molecule has 0 spiro atoms. The van der Waals surface area contributed by atoms with Crippen molar-refractivity contribution < 1.29 is 0 Å². The van der Waals surface area contributed by atoms with Crippen LogP contribution in [-0.2, 0) is 0 Å². The highest BCUT2D eigenvalue weighted by Gasteiger charge is 2.41. The fraction of sp³-hybridized carbons (Fsp3) is 1.00. The second-order valence-corrected chi connectivity index (χ2v) is 6.49. The molecule has 0 heterocycles. The molecule has 0 aliphatic heterocycles. The predicted octanol–water partition coefficient (Wildman–Crippen LogP) is 2.39. The topological polar surface area (TPSA) is 38.0 Å². The quantitative estimate of drug-likeness (QED) is 0.769. The Morgan fingerprint density at radius 1 is 1.25 bits per heavy atom. The average Bonchev–Trinajstić information content (AvgIpc) is 2.95. The van der Waals surface area contributed by atoms with Crippen LogP contribution in [0.5, 0.6) is 0 Å². The van der Waals surface area contributed by atoms with Crippen LogP contribution in [-0.4, -0.2) is 18.6 Å². The lowest BCUT2D eigenvalue weighted by atomic mass is 9.70. The smallest absolute Gasteiger partial charge is 0.0330 e. The summed E-state index contributed by atoms with van der Waals surface area (Å²) in [6.07, 6.45) is 5.37. The third-order valence-corrected chi connectivity index (χ3v) is 5.14. The standard InChI is InChI=1S/C14H28N2/c1-10-4-5-14(9-15,12(3)6-10)16-8-13-7-11(13)2/h10-13,16H,4-9,15H2,1-3H3. The van der Waals surface area contributed by atoms with Gasteiger partial charge in [-0.1, -0.05) is 20.8 Å². The third-order valence-electron chi connectivity index (χ3n) is 5.14. The normalized spacial score (nSPS) is 48.0. The van der Waals surface area contributed by atoms with Gasteiger partial charge in [0.2, 0.25) is 0 Å². The predicted molar refractivity (Wildman–Crippen MR) is 69.2 cm³/mol. The zero-order valence-electron chi connectivity index (χ0n) is 11.1. The van der Waals surface area contributed by atoms with Crippen molar-refractivity contribution in [1.29, 1.82) is 0 Å². The van der Waals surface area contributed by atoms with E-state index in [1.807, 2.05) is 0 Å². The maximum absolute atomic E-state index is 6.05. The van der Waals surface area contributed by atoms with E-state index in [0.29, 0.717) is 0 Å². The van der Waals surface area contributed by atoms with Crippen molar-refractivity contribution in [2.45, 2.75) is 52.0 Å². The summed E-state index contributed by atoms with van der Waals surface area (Å²) in [5.74, 6) is 3.49. The molecule has 3 N–H and O–H groups in total. The molecule has 0 aromatic rings. The Bertz CT molecular complexity index is 241. The second-order valence-electron chi connectivity index (χ2n) is 6.49. The van der Waals surface area contributed by atoms with Crippen LogP contribution in [0.2, 0.25) is 0 Å². The Balaban J connectivity index is 1.90. The van der Waals surface area contributed by atoms with Crippen LogP contribution < -0.4 is 11.1 Å². The van der Waals surface area contributed by atoms with E-state index in [1.165, 1.54) is 32.2 Å². The lowest BCUT2D eigenvalue weighted by Crippen LogP contribution is -2.58. The van der Waals surface area contributed by atoms with Crippen molar-refractivity contribution in [3.05, 3.63) is 0 Å². The lowest BCUT2D eigenvalue weighted by molar-refractivity contribution is 0.128. The molecule has 5 unspecified atom stereocenters. The van der Waals surface area contributed by atoms with Gasteiger partial charge in [0.05, 0.1) is 0 Å². The van der Waals surface area contributed by atoms with E-state index < -0.39 is 0 Å². The number of nitrogens with two attached hydrogens (primary N) is 1. The monoisotopic (exact) mass is 224 g/mol. The molecule has 2 saturated carbocycles. The minimum Gasteiger partial charge on any atom is -0.329 e. The number of hydrogen-bond donors (Lipinski definition) is 2. The molecule has 94 valence electrons. The molecule has 0 amide bonds. The molecular formula is C14H28N2. The van der Waals surface area contributed by atoms with E-state index in [0.717, 1.165) is 30.2 Å². The Hall–Kier alpha value is -0.0800.